The fraction of sp³-hybridized carbons (Fsp3) is 0.227. The standard InChI is InChI=1S/C22H19F3O6S/c1-14-5-3-7-18-17(14)6-4-8-19(18)32(27,28)31-21(22(23,24)25)15-9-11-16(12-10-15)30-20(26)13-29-2/h3-12,21H,13H2,1-2H3. The van der Waals surface area contributed by atoms with Gasteiger partial charge in [0, 0.05) is 12.5 Å². The average Bonchev–Trinajstić information content (AvgIpc) is 2.72. The van der Waals surface area contributed by atoms with E-state index in [0.717, 1.165) is 29.8 Å². The van der Waals surface area contributed by atoms with Gasteiger partial charge in [-0.15, -0.1) is 0 Å². The first-order chi connectivity index (χ1) is 15.0. The molecule has 3 aromatic carbocycles. The minimum absolute atomic E-state index is 0.0240. The van der Waals surface area contributed by atoms with E-state index >= 15 is 0 Å². The molecule has 0 aliphatic heterocycles. The topological polar surface area (TPSA) is 78.9 Å². The molecule has 0 radical (unpaired) electrons. The Bertz CT molecular complexity index is 1220. The lowest BCUT2D eigenvalue weighted by Crippen LogP contribution is -2.26. The molecule has 0 aliphatic carbocycles. The molecule has 3 aromatic rings. The summed E-state index contributed by atoms with van der Waals surface area (Å²) in [7, 11) is -3.51. The number of methoxy groups -OCH3 is 1. The summed E-state index contributed by atoms with van der Waals surface area (Å²) in [6.45, 7) is 1.43. The molecule has 0 N–H and O–H groups in total. The molecule has 0 saturated carbocycles. The van der Waals surface area contributed by atoms with Crippen molar-refractivity contribution in [2.24, 2.45) is 0 Å². The third kappa shape index (κ3) is 5.26. The number of aryl methyl sites for hydroxylation is 1. The number of hydrogen-bond acceptors (Lipinski definition) is 6. The maximum Gasteiger partial charge on any atom is 0.420 e. The Morgan fingerprint density at radius 2 is 1.59 bits per heavy atom. The van der Waals surface area contributed by atoms with Crippen LogP contribution in [0.4, 0.5) is 13.2 Å². The first kappa shape index (κ1) is 23.7. The van der Waals surface area contributed by atoms with Gasteiger partial charge in [-0.3, -0.25) is 0 Å². The highest BCUT2D eigenvalue weighted by atomic mass is 32.2. The smallest absolute Gasteiger partial charge is 0.420 e. The molecule has 1 unspecified atom stereocenters. The van der Waals surface area contributed by atoms with Crippen molar-refractivity contribution in [3.63, 3.8) is 0 Å². The number of ether oxygens (including phenoxy) is 2. The molecule has 0 spiro atoms. The van der Waals surface area contributed by atoms with Crippen LogP contribution >= 0.6 is 0 Å². The van der Waals surface area contributed by atoms with Crippen molar-refractivity contribution in [3.8, 4) is 5.75 Å². The molecular weight excluding hydrogens is 449 g/mol. The third-order valence-electron chi connectivity index (χ3n) is 4.57. The van der Waals surface area contributed by atoms with Crippen LogP contribution in [0.5, 0.6) is 5.75 Å². The fourth-order valence-corrected chi connectivity index (χ4v) is 4.39. The maximum atomic E-state index is 13.7. The van der Waals surface area contributed by atoms with Gasteiger partial charge < -0.3 is 9.47 Å². The van der Waals surface area contributed by atoms with Crippen molar-refractivity contribution in [2.45, 2.75) is 24.1 Å². The van der Waals surface area contributed by atoms with Gasteiger partial charge in [0.15, 0.2) is 6.10 Å². The normalized spacial score (nSPS) is 13.2. The first-order valence-electron chi connectivity index (χ1n) is 9.31. The van der Waals surface area contributed by atoms with Gasteiger partial charge in [0.25, 0.3) is 10.1 Å². The zero-order valence-corrected chi connectivity index (χ0v) is 17.9. The van der Waals surface area contributed by atoms with E-state index in [1.807, 2.05) is 0 Å². The molecule has 0 heterocycles. The van der Waals surface area contributed by atoms with Crippen molar-refractivity contribution < 1.29 is 40.0 Å². The van der Waals surface area contributed by atoms with Crippen LogP contribution in [0.2, 0.25) is 0 Å². The summed E-state index contributed by atoms with van der Waals surface area (Å²) in [6.07, 6.45) is -7.78. The zero-order valence-electron chi connectivity index (χ0n) is 17.0. The molecule has 32 heavy (non-hydrogen) atoms. The number of carbonyl (C=O) groups is 1. The summed E-state index contributed by atoms with van der Waals surface area (Å²) in [6, 6.07) is 13.4. The molecule has 3 rings (SSSR count). The highest BCUT2D eigenvalue weighted by Gasteiger charge is 2.45. The molecule has 10 heteroatoms. The van der Waals surface area contributed by atoms with Crippen LogP contribution in [0.25, 0.3) is 10.8 Å². The molecule has 0 amide bonds. The largest absolute Gasteiger partial charge is 0.425 e. The second-order valence-electron chi connectivity index (χ2n) is 6.87. The van der Waals surface area contributed by atoms with E-state index in [-0.39, 0.29) is 22.6 Å². The van der Waals surface area contributed by atoms with Crippen LogP contribution in [0.15, 0.2) is 65.6 Å². The van der Waals surface area contributed by atoms with Gasteiger partial charge >= 0.3 is 12.1 Å². The number of halogens is 3. The fourth-order valence-electron chi connectivity index (χ4n) is 3.12. The summed E-state index contributed by atoms with van der Waals surface area (Å²) < 4.78 is 81.2. The predicted octanol–water partition coefficient (Wildman–Crippen LogP) is 4.71. The van der Waals surface area contributed by atoms with Crippen LogP contribution in [0.1, 0.15) is 17.2 Å². The monoisotopic (exact) mass is 468 g/mol. The zero-order chi connectivity index (χ0) is 23.5. The van der Waals surface area contributed by atoms with E-state index in [2.05, 4.69) is 4.74 Å². The highest BCUT2D eigenvalue weighted by Crippen LogP contribution is 2.39. The summed E-state index contributed by atoms with van der Waals surface area (Å²) in [5, 5.41) is 0.844. The lowest BCUT2D eigenvalue weighted by Gasteiger charge is -2.21. The van der Waals surface area contributed by atoms with Crippen LogP contribution in [-0.2, 0) is 23.8 Å². The lowest BCUT2D eigenvalue weighted by atomic mass is 10.1. The SMILES string of the molecule is COCC(=O)Oc1ccc(C(OS(=O)(=O)c2cccc3c(C)cccc23)C(F)(F)F)cc1. The number of benzene rings is 3. The minimum atomic E-state index is -5.03. The van der Waals surface area contributed by atoms with E-state index in [4.69, 9.17) is 8.92 Å². The van der Waals surface area contributed by atoms with E-state index in [0.29, 0.717) is 5.39 Å². The summed E-state index contributed by atoms with van der Waals surface area (Å²) in [4.78, 5) is 11.1. The van der Waals surface area contributed by atoms with Crippen molar-refractivity contribution in [2.75, 3.05) is 13.7 Å². The Hall–Kier alpha value is -2.95. The maximum absolute atomic E-state index is 13.7. The van der Waals surface area contributed by atoms with Gasteiger partial charge in [0.2, 0.25) is 0 Å². The van der Waals surface area contributed by atoms with Crippen molar-refractivity contribution in [3.05, 3.63) is 71.8 Å². The number of rotatable bonds is 7. The number of hydrogen-bond donors (Lipinski definition) is 0. The van der Waals surface area contributed by atoms with Gasteiger partial charge in [0.05, 0.1) is 0 Å². The van der Waals surface area contributed by atoms with Crippen molar-refractivity contribution in [1.82, 2.24) is 0 Å². The van der Waals surface area contributed by atoms with E-state index in [9.17, 15) is 26.4 Å². The Labute approximate surface area is 182 Å². The molecular formula is C22H19F3O6S. The average molecular weight is 468 g/mol. The Kier molecular flexibility index (Phi) is 6.87. The Balaban J connectivity index is 1.95. The lowest BCUT2D eigenvalue weighted by molar-refractivity contribution is -0.196. The Morgan fingerprint density at radius 3 is 2.22 bits per heavy atom. The molecule has 0 fully saturated rings. The summed E-state index contributed by atoms with van der Waals surface area (Å²) in [5.41, 5.74) is 0.301. The summed E-state index contributed by atoms with van der Waals surface area (Å²) >= 11 is 0. The second-order valence-corrected chi connectivity index (χ2v) is 8.41. The van der Waals surface area contributed by atoms with Gasteiger partial charge in [-0.25, -0.2) is 8.98 Å². The molecule has 1 atom stereocenters. The molecule has 0 saturated heterocycles. The van der Waals surface area contributed by atoms with Crippen molar-refractivity contribution >= 4 is 26.9 Å². The van der Waals surface area contributed by atoms with E-state index in [1.54, 1.807) is 25.1 Å². The van der Waals surface area contributed by atoms with E-state index < -0.39 is 33.9 Å². The highest BCUT2D eigenvalue weighted by molar-refractivity contribution is 7.87. The predicted molar refractivity (Wildman–Crippen MR) is 110 cm³/mol. The third-order valence-corrected chi connectivity index (χ3v) is 5.91. The van der Waals surface area contributed by atoms with Gasteiger partial charge in [-0.2, -0.15) is 21.6 Å². The van der Waals surface area contributed by atoms with E-state index in [1.165, 1.54) is 25.3 Å². The number of fused-ring (bicyclic) bond motifs is 1. The minimum Gasteiger partial charge on any atom is -0.425 e. The number of esters is 1. The number of alkyl halides is 3. The summed E-state index contributed by atoms with van der Waals surface area (Å²) in [5.74, 6) is -0.762. The van der Waals surface area contributed by atoms with Crippen LogP contribution in [0, 0.1) is 6.92 Å². The van der Waals surface area contributed by atoms with Gasteiger partial charge in [-0.1, -0.05) is 42.5 Å². The van der Waals surface area contributed by atoms with Crippen LogP contribution in [0.3, 0.4) is 0 Å². The molecule has 170 valence electrons. The first-order valence-corrected chi connectivity index (χ1v) is 10.7. The van der Waals surface area contributed by atoms with Crippen LogP contribution in [-0.4, -0.2) is 34.3 Å². The number of carbonyl (C=O) groups excluding carboxylic acids is 1. The quantitative estimate of drug-likeness (QED) is 0.284. The molecule has 0 aliphatic rings. The molecule has 0 bridgehead atoms. The Morgan fingerprint density at radius 1 is 0.969 bits per heavy atom. The van der Waals surface area contributed by atoms with Crippen LogP contribution < -0.4 is 4.74 Å². The second kappa shape index (κ2) is 9.27. The van der Waals surface area contributed by atoms with Gasteiger partial charge in [-0.05, 0) is 41.6 Å². The molecule has 0 aromatic heterocycles. The van der Waals surface area contributed by atoms with Crippen molar-refractivity contribution in [1.29, 1.82) is 0 Å². The van der Waals surface area contributed by atoms with Gasteiger partial charge in [0.1, 0.15) is 17.3 Å². The molecule has 6 nitrogen and oxygen atoms in total.